The van der Waals surface area contributed by atoms with Crippen molar-refractivity contribution in [3.05, 3.63) is 0 Å². The highest BCUT2D eigenvalue weighted by molar-refractivity contribution is 6.62. The molecule has 0 fully saturated rings. The minimum atomic E-state index is -2.92. The van der Waals surface area contributed by atoms with Gasteiger partial charge in [0.2, 0.25) is 0 Å². The summed E-state index contributed by atoms with van der Waals surface area (Å²) in [6.07, 6.45) is 1.77. The lowest BCUT2D eigenvalue weighted by Gasteiger charge is -2.38. The molecule has 8 heteroatoms. The summed E-state index contributed by atoms with van der Waals surface area (Å²) in [7, 11) is 1.79. The van der Waals surface area contributed by atoms with Gasteiger partial charge in [0.05, 0.1) is 6.61 Å². The van der Waals surface area contributed by atoms with Crippen molar-refractivity contribution in [2.24, 2.45) is 5.73 Å². The Hall–Kier alpha value is -0.0631. The van der Waals surface area contributed by atoms with E-state index in [9.17, 15) is 0 Å². The first-order valence-corrected chi connectivity index (χ1v) is 8.85. The topological polar surface area (TPSA) is 75.4 Å². The van der Waals surface area contributed by atoms with E-state index >= 15 is 0 Å². The van der Waals surface area contributed by atoms with Crippen LogP contribution in [0.5, 0.6) is 0 Å². The largest absolute Gasteiger partial charge is 0.523 e. The average Bonchev–Trinajstić information content (AvgIpc) is 2.49. The third kappa shape index (κ3) is 5.38. The van der Waals surface area contributed by atoms with Crippen LogP contribution in [0.4, 0.5) is 0 Å². The third-order valence-corrected chi connectivity index (χ3v) is 6.11. The lowest BCUT2D eigenvalue weighted by molar-refractivity contribution is -0.399. The van der Waals surface area contributed by atoms with Crippen molar-refractivity contribution in [3.8, 4) is 0 Å². The summed E-state index contributed by atoms with van der Waals surface area (Å²) in [6, 6.07) is 0. The quantitative estimate of drug-likeness (QED) is 0.332. The molecule has 0 aromatic heterocycles. The van der Waals surface area contributed by atoms with E-state index in [4.69, 9.17) is 28.7 Å². The molecule has 2 N–H and O–H groups in total. The van der Waals surface area contributed by atoms with Crippen LogP contribution in [0.15, 0.2) is 0 Å². The van der Waals surface area contributed by atoms with Crippen LogP contribution in [-0.2, 0) is 23.0 Å². The van der Waals surface area contributed by atoms with Crippen LogP contribution < -0.4 is 5.73 Å². The molecule has 0 saturated heterocycles. The molecule has 0 radical (unpaired) electrons. The van der Waals surface area contributed by atoms with Crippen molar-refractivity contribution in [1.82, 2.24) is 5.23 Å². The molecule has 0 aromatic rings. The smallest absolute Gasteiger partial charge is 0.376 e. The minimum Gasteiger partial charge on any atom is -0.376 e. The first-order valence-electron chi connectivity index (χ1n) is 7.04. The number of hydroxylamine groups is 2. The predicted molar refractivity (Wildman–Crippen MR) is 78.3 cm³/mol. The van der Waals surface area contributed by atoms with E-state index in [-0.39, 0.29) is 5.67 Å². The fourth-order valence-corrected chi connectivity index (χ4v) is 3.98. The number of rotatable bonds is 12. The Labute approximate surface area is 123 Å². The Morgan fingerprint density at radius 1 is 1.00 bits per heavy atom. The van der Waals surface area contributed by atoms with E-state index < -0.39 is 15.0 Å². The van der Waals surface area contributed by atoms with E-state index in [2.05, 4.69) is 0 Å². The maximum Gasteiger partial charge on any atom is 0.523 e. The van der Waals surface area contributed by atoms with Gasteiger partial charge >= 0.3 is 8.80 Å². The molecule has 0 aliphatic carbocycles. The Morgan fingerprint density at radius 2 is 1.55 bits per heavy atom. The molecule has 0 spiro atoms. The van der Waals surface area contributed by atoms with Crippen LogP contribution >= 0.6 is 0 Å². The molecule has 0 rings (SSSR count). The molecule has 0 aromatic carbocycles. The van der Waals surface area contributed by atoms with Crippen molar-refractivity contribution in [3.63, 3.8) is 0 Å². The lowest BCUT2D eigenvalue weighted by Crippen LogP contribution is -2.62. The van der Waals surface area contributed by atoms with Crippen LogP contribution in [0.3, 0.4) is 0 Å². The van der Waals surface area contributed by atoms with Gasteiger partial charge < -0.3 is 19.0 Å². The average molecular weight is 310 g/mol. The van der Waals surface area contributed by atoms with Crippen molar-refractivity contribution < 1.29 is 23.0 Å². The Bertz CT molecular complexity index is 236. The molecular formula is C12H30N2O5Si. The van der Waals surface area contributed by atoms with Crippen LogP contribution in [0.1, 0.15) is 40.0 Å². The maximum atomic E-state index is 5.85. The number of hydrogen-bond acceptors (Lipinski definition) is 7. The van der Waals surface area contributed by atoms with E-state index in [1.165, 1.54) is 5.23 Å². The second kappa shape index (κ2) is 10.6. The number of hydrogen-bond donors (Lipinski definition) is 1. The van der Waals surface area contributed by atoms with E-state index in [0.29, 0.717) is 19.4 Å². The first-order chi connectivity index (χ1) is 9.54. The number of nitrogens with two attached hydrogens (primary N) is 1. The van der Waals surface area contributed by atoms with Gasteiger partial charge in [0.1, 0.15) is 11.9 Å². The van der Waals surface area contributed by atoms with E-state index in [1.54, 1.807) is 21.3 Å². The molecule has 0 heterocycles. The summed E-state index contributed by atoms with van der Waals surface area (Å²) in [6.45, 7) is 6.48. The Balaban J connectivity index is 5.12. The second-order valence-corrected chi connectivity index (χ2v) is 7.41. The summed E-state index contributed by atoms with van der Waals surface area (Å²) in [4.78, 5) is 11.3. The van der Waals surface area contributed by atoms with Crippen molar-refractivity contribution in [2.75, 3.05) is 27.9 Å². The van der Waals surface area contributed by atoms with E-state index in [0.717, 1.165) is 6.42 Å². The molecule has 7 nitrogen and oxygen atoms in total. The highest BCUT2D eigenvalue weighted by atomic mass is 28.4. The van der Waals surface area contributed by atoms with Gasteiger partial charge in [-0.1, -0.05) is 26.0 Å². The normalized spacial score (nSPS) is 15.6. The van der Waals surface area contributed by atoms with Crippen molar-refractivity contribution in [2.45, 2.75) is 51.9 Å². The first kappa shape index (κ1) is 19.9. The molecule has 2 unspecified atom stereocenters. The Morgan fingerprint density at radius 3 is 1.90 bits per heavy atom. The molecule has 0 bridgehead atoms. The minimum absolute atomic E-state index is 0.286. The summed E-state index contributed by atoms with van der Waals surface area (Å²) >= 11 is 0. The van der Waals surface area contributed by atoms with Gasteiger partial charge in [-0.2, -0.15) is 0 Å². The van der Waals surface area contributed by atoms with Gasteiger partial charge in [0.15, 0.2) is 0 Å². The van der Waals surface area contributed by atoms with Crippen LogP contribution in [0.25, 0.3) is 0 Å². The van der Waals surface area contributed by atoms with Crippen molar-refractivity contribution in [1.29, 1.82) is 0 Å². The fourth-order valence-electron chi connectivity index (χ4n) is 1.77. The highest BCUT2D eigenvalue weighted by Crippen LogP contribution is 2.22. The zero-order valence-electron chi connectivity index (χ0n) is 13.5. The van der Waals surface area contributed by atoms with Crippen LogP contribution in [-0.4, -0.2) is 53.9 Å². The summed E-state index contributed by atoms with van der Waals surface area (Å²) in [5.74, 6) is 0. The van der Waals surface area contributed by atoms with Gasteiger partial charge in [0.25, 0.3) is 0 Å². The van der Waals surface area contributed by atoms with Gasteiger partial charge in [-0.3, -0.25) is 9.68 Å². The third-order valence-electron chi connectivity index (χ3n) is 2.97. The van der Waals surface area contributed by atoms with Crippen LogP contribution in [0.2, 0.25) is 0 Å². The zero-order chi connectivity index (χ0) is 15.6. The second-order valence-electron chi connectivity index (χ2n) is 4.31. The molecular weight excluding hydrogens is 280 g/mol. The predicted octanol–water partition coefficient (Wildman–Crippen LogP) is 1.45. The molecule has 0 amide bonds. The molecule has 122 valence electrons. The van der Waals surface area contributed by atoms with Crippen molar-refractivity contribution >= 4 is 8.80 Å². The molecule has 0 aliphatic rings. The number of nitrogens with zero attached hydrogens (tertiary/aromatic N) is 1. The molecule has 0 aliphatic heterocycles. The monoisotopic (exact) mass is 310 g/mol. The van der Waals surface area contributed by atoms with Crippen LogP contribution in [0, 0.1) is 0 Å². The zero-order valence-corrected chi connectivity index (χ0v) is 14.5. The standard InChI is InChI=1S/C12H30N2O5Si/c1-7-10-18-14(19-11(13)8-2)12(9-3)20(15-4,16-5)17-6/h11-12H,7-10,13H2,1-6H3. The summed E-state index contributed by atoms with van der Waals surface area (Å²) < 4.78 is 16.6. The molecule has 20 heavy (non-hydrogen) atoms. The molecule has 0 saturated carbocycles. The molecule has 2 atom stereocenters. The SMILES string of the molecule is CCCON(OC(N)CC)C(CC)[Si](OC)(OC)OC. The van der Waals surface area contributed by atoms with Gasteiger partial charge in [-0.15, -0.1) is 0 Å². The van der Waals surface area contributed by atoms with Gasteiger partial charge in [-0.25, -0.2) is 0 Å². The lowest BCUT2D eigenvalue weighted by atomic mass is 10.4. The van der Waals surface area contributed by atoms with Gasteiger partial charge in [-0.05, 0) is 19.3 Å². The summed E-state index contributed by atoms with van der Waals surface area (Å²) in [5, 5.41) is 1.40. The summed E-state index contributed by atoms with van der Waals surface area (Å²) in [5.41, 5.74) is 5.57. The Kier molecular flexibility index (Phi) is 10.6. The highest BCUT2D eigenvalue weighted by Gasteiger charge is 2.51. The maximum absolute atomic E-state index is 5.85. The van der Waals surface area contributed by atoms with E-state index in [1.807, 2.05) is 20.8 Å². The van der Waals surface area contributed by atoms with Gasteiger partial charge in [0, 0.05) is 21.3 Å². The fraction of sp³-hybridized carbons (Fsp3) is 1.00.